The maximum Gasteiger partial charge on any atom is 0.387 e. The fourth-order valence-electron chi connectivity index (χ4n) is 1.12. The van der Waals surface area contributed by atoms with Gasteiger partial charge in [0.15, 0.2) is 9.84 Å². The van der Waals surface area contributed by atoms with E-state index in [-0.39, 0.29) is 5.75 Å². The van der Waals surface area contributed by atoms with E-state index in [9.17, 15) is 17.2 Å². The van der Waals surface area contributed by atoms with Crippen LogP contribution < -0.4 is 4.74 Å². The fourth-order valence-corrected chi connectivity index (χ4v) is 1.64. The number of benzene rings is 1. The van der Waals surface area contributed by atoms with Gasteiger partial charge in [-0.15, -0.1) is 0 Å². The number of allylic oxidation sites excluding steroid dienone is 1. The average Bonchev–Trinajstić information content (AvgIpc) is 2.25. The number of nitriles is 1. The van der Waals surface area contributed by atoms with Gasteiger partial charge >= 0.3 is 6.61 Å². The molecule has 0 atom stereocenters. The molecule has 0 aromatic heterocycles. The normalized spacial score (nSPS) is 12.3. The molecule has 0 amide bonds. The summed E-state index contributed by atoms with van der Waals surface area (Å²) in [6.45, 7) is -2.92. The SMILES string of the molecule is CS(=O)(=O)/C(C#N)=C\c1ccc(OC(F)F)cc1. The van der Waals surface area contributed by atoms with Gasteiger partial charge in [-0.2, -0.15) is 14.0 Å². The van der Waals surface area contributed by atoms with E-state index >= 15 is 0 Å². The molecule has 1 aromatic rings. The lowest BCUT2D eigenvalue weighted by Crippen LogP contribution is -2.01. The molecule has 0 radical (unpaired) electrons. The van der Waals surface area contributed by atoms with Gasteiger partial charge in [-0.05, 0) is 23.8 Å². The topological polar surface area (TPSA) is 67.2 Å². The molecule has 0 spiro atoms. The molecule has 18 heavy (non-hydrogen) atoms. The third-order valence-electron chi connectivity index (χ3n) is 1.91. The minimum absolute atomic E-state index is 0.0417. The van der Waals surface area contributed by atoms with Crippen molar-refractivity contribution in [3.63, 3.8) is 0 Å². The molecule has 7 heteroatoms. The first kappa shape index (κ1) is 14.1. The Morgan fingerprint density at radius 2 is 1.94 bits per heavy atom. The van der Waals surface area contributed by atoms with Crippen LogP contribution in [-0.4, -0.2) is 21.3 Å². The fraction of sp³-hybridized carbons (Fsp3) is 0.182. The van der Waals surface area contributed by atoms with E-state index in [2.05, 4.69) is 4.74 Å². The Balaban J connectivity index is 3.00. The first-order valence-electron chi connectivity index (χ1n) is 4.69. The second-order valence-electron chi connectivity index (χ2n) is 3.34. The predicted octanol–water partition coefficient (Wildman–Crippen LogP) is 2.20. The summed E-state index contributed by atoms with van der Waals surface area (Å²) in [6, 6.07) is 6.83. The lowest BCUT2D eigenvalue weighted by atomic mass is 10.2. The van der Waals surface area contributed by atoms with Gasteiger partial charge in [-0.25, -0.2) is 8.42 Å². The van der Waals surface area contributed by atoms with Crippen LogP contribution in [0.25, 0.3) is 6.08 Å². The molecule has 96 valence electrons. The van der Waals surface area contributed by atoms with Crippen LogP contribution in [-0.2, 0) is 9.84 Å². The van der Waals surface area contributed by atoms with Crippen LogP contribution >= 0.6 is 0 Å². The molecule has 0 aliphatic heterocycles. The van der Waals surface area contributed by atoms with Gasteiger partial charge in [-0.3, -0.25) is 0 Å². The lowest BCUT2D eigenvalue weighted by molar-refractivity contribution is -0.0498. The number of alkyl halides is 2. The molecule has 0 fully saturated rings. The Kier molecular flexibility index (Phi) is 4.39. The third-order valence-corrected chi connectivity index (χ3v) is 2.92. The molecule has 0 heterocycles. The van der Waals surface area contributed by atoms with Crippen molar-refractivity contribution < 1.29 is 21.9 Å². The van der Waals surface area contributed by atoms with E-state index in [1.54, 1.807) is 6.07 Å². The zero-order valence-corrected chi connectivity index (χ0v) is 10.1. The highest BCUT2D eigenvalue weighted by atomic mass is 32.2. The molecule has 0 aliphatic carbocycles. The summed E-state index contributed by atoms with van der Waals surface area (Å²) >= 11 is 0. The molecule has 0 saturated heterocycles. The Morgan fingerprint density at radius 3 is 2.33 bits per heavy atom. The molecular weight excluding hydrogens is 264 g/mol. The highest BCUT2D eigenvalue weighted by Gasteiger charge is 2.10. The van der Waals surface area contributed by atoms with Crippen molar-refractivity contribution in [1.82, 2.24) is 0 Å². The Hall–Kier alpha value is -1.94. The highest BCUT2D eigenvalue weighted by molar-refractivity contribution is 7.95. The molecule has 0 aliphatic rings. The number of nitrogens with zero attached hydrogens (tertiary/aromatic N) is 1. The maximum absolute atomic E-state index is 11.9. The Morgan fingerprint density at radius 1 is 1.39 bits per heavy atom. The van der Waals surface area contributed by atoms with E-state index in [1.807, 2.05) is 0 Å². The summed E-state index contributed by atoms with van der Waals surface area (Å²) in [5.74, 6) is -0.0417. The monoisotopic (exact) mass is 273 g/mol. The minimum Gasteiger partial charge on any atom is -0.435 e. The summed E-state index contributed by atoms with van der Waals surface area (Å²) in [7, 11) is -3.59. The van der Waals surface area contributed by atoms with Gasteiger partial charge in [0.05, 0.1) is 0 Å². The summed E-state index contributed by atoms with van der Waals surface area (Å²) in [5.41, 5.74) is 0.401. The molecular formula is C11H9F2NO3S. The van der Waals surface area contributed by atoms with Gasteiger partial charge < -0.3 is 4.74 Å². The van der Waals surface area contributed by atoms with E-state index in [4.69, 9.17) is 5.26 Å². The molecule has 1 aromatic carbocycles. The summed E-state index contributed by atoms with van der Waals surface area (Å²) in [5, 5.41) is 8.68. The molecule has 0 saturated carbocycles. The second-order valence-corrected chi connectivity index (χ2v) is 5.32. The number of ether oxygens (including phenoxy) is 1. The first-order valence-corrected chi connectivity index (χ1v) is 6.59. The summed E-state index contributed by atoms with van der Waals surface area (Å²) in [6.07, 6.45) is 2.07. The van der Waals surface area contributed by atoms with Crippen LogP contribution in [0.3, 0.4) is 0 Å². The van der Waals surface area contributed by atoms with Crippen LogP contribution in [0, 0.1) is 11.3 Å². The van der Waals surface area contributed by atoms with Crippen molar-refractivity contribution in [3.8, 4) is 11.8 Å². The van der Waals surface area contributed by atoms with Crippen molar-refractivity contribution >= 4 is 15.9 Å². The van der Waals surface area contributed by atoms with Crippen molar-refractivity contribution in [2.75, 3.05) is 6.26 Å². The number of sulfone groups is 1. The minimum atomic E-state index is -3.59. The van der Waals surface area contributed by atoms with E-state index in [1.165, 1.54) is 24.3 Å². The average molecular weight is 273 g/mol. The van der Waals surface area contributed by atoms with Gasteiger partial charge in [0, 0.05) is 6.26 Å². The van der Waals surface area contributed by atoms with Crippen LogP contribution in [0.15, 0.2) is 29.2 Å². The number of rotatable bonds is 4. The number of hydrogen-bond donors (Lipinski definition) is 0. The summed E-state index contributed by atoms with van der Waals surface area (Å²) in [4.78, 5) is -0.398. The van der Waals surface area contributed by atoms with Gasteiger partial charge in [-0.1, -0.05) is 12.1 Å². The number of halogens is 2. The standard InChI is InChI=1S/C11H9F2NO3S/c1-18(15,16)10(7-14)6-8-2-4-9(5-3-8)17-11(12)13/h2-6,11H,1H3/b10-6-. The molecule has 0 N–H and O–H groups in total. The quantitative estimate of drug-likeness (QED) is 0.789. The smallest absolute Gasteiger partial charge is 0.387 e. The maximum atomic E-state index is 11.9. The van der Waals surface area contributed by atoms with Gasteiger partial charge in [0.25, 0.3) is 0 Å². The zero-order valence-electron chi connectivity index (χ0n) is 9.30. The van der Waals surface area contributed by atoms with Gasteiger partial charge in [0.1, 0.15) is 16.7 Å². The van der Waals surface area contributed by atoms with Crippen LogP contribution in [0.2, 0.25) is 0 Å². The van der Waals surface area contributed by atoms with Crippen molar-refractivity contribution in [3.05, 3.63) is 34.7 Å². The first-order chi connectivity index (χ1) is 8.32. The van der Waals surface area contributed by atoms with Crippen molar-refractivity contribution in [1.29, 1.82) is 5.26 Å². The van der Waals surface area contributed by atoms with Crippen LogP contribution in [0.4, 0.5) is 8.78 Å². The number of hydrogen-bond acceptors (Lipinski definition) is 4. The molecule has 0 bridgehead atoms. The largest absolute Gasteiger partial charge is 0.435 e. The summed E-state index contributed by atoms with van der Waals surface area (Å²) < 4.78 is 50.2. The zero-order chi connectivity index (χ0) is 13.8. The second kappa shape index (κ2) is 5.60. The van der Waals surface area contributed by atoms with Crippen LogP contribution in [0.1, 0.15) is 5.56 Å². The van der Waals surface area contributed by atoms with E-state index in [0.717, 1.165) is 12.3 Å². The molecule has 4 nitrogen and oxygen atoms in total. The van der Waals surface area contributed by atoms with E-state index in [0.29, 0.717) is 5.56 Å². The van der Waals surface area contributed by atoms with Crippen LogP contribution in [0.5, 0.6) is 5.75 Å². The van der Waals surface area contributed by atoms with Crippen molar-refractivity contribution in [2.24, 2.45) is 0 Å². The van der Waals surface area contributed by atoms with Gasteiger partial charge in [0.2, 0.25) is 0 Å². The van der Waals surface area contributed by atoms with E-state index < -0.39 is 21.4 Å². The molecule has 1 rings (SSSR count). The van der Waals surface area contributed by atoms with Crippen molar-refractivity contribution in [2.45, 2.75) is 6.61 Å². The lowest BCUT2D eigenvalue weighted by Gasteiger charge is -2.04. The predicted molar refractivity (Wildman–Crippen MR) is 61.5 cm³/mol. The Bertz CT molecular complexity index is 586. The Labute approximate surface area is 103 Å². The third kappa shape index (κ3) is 4.14. The molecule has 0 unspecified atom stereocenters. The highest BCUT2D eigenvalue weighted by Crippen LogP contribution is 2.17.